The molecule has 4 heterocycles. The number of rotatable bonds is 26. The number of nitrogens with one attached hydrogen (secondary N) is 3. The number of thioether (sulfide) groups is 1. The molecule has 1 aliphatic rings. The number of ketones is 1. The van der Waals surface area contributed by atoms with Crippen LogP contribution in [-0.4, -0.2) is 124 Å². The predicted octanol–water partition coefficient (Wildman–Crippen LogP) is 0.584. The van der Waals surface area contributed by atoms with Crippen molar-refractivity contribution >= 4 is 80.7 Å². The van der Waals surface area contributed by atoms with Crippen molar-refractivity contribution in [1.29, 1.82) is 0 Å². The lowest BCUT2D eigenvalue weighted by molar-refractivity contribution is -0.347. The number of aryl methyl sites for hydroxylation is 1. The molecule has 1 aromatic carbocycles. The first-order valence-corrected chi connectivity index (χ1v) is 25.6. The molecule has 2 amide bonds. The van der Waals surface area contributed by atoms with Crippen LogP contribution in [0.15, 0.2) is 43.1 Å². The van der Waals surface area contributed by atoms with Gasteiger partial charge in [0.1, 0.15) is 42.0 Å². The van der Waals surface area contributed by atoms with Gasteiger partial charge in [0.05, 0.1) is 27.4 Å². The number of nitrogens with two attached hydrogens (primary N) is 1. The highest BCUT2D eigenvalue weighted by molar-refractivity contribution is 7.99. The summed E-state index contributed by atoms with van der Waals surface area (Å²) < 4.78 is 61.8. The molecule has 8 unspecified atom stereocenters. The molecule has 0 radical (unpaired) electrons. The third-order valence-corrected chi connectivity index (χ3v) is 14.4. The second-order valence-corrected chi connectivity index (χ2v) is 21.0. The summed E-state index contributed by atoms with van der Waals surface area (Å²) in [6, 6.07) is 8.01. The van der Waals surface area contributed by atoms with Crippen LogP contribution in [0, 0.1) is 11.3 Å². The fourth-order valence-corrected chi connectivity index (χ4v) is 10.3. The Labute approximate surface area is 376 Å². The molecule has 1 fully saturated rings. The first kappa shape index (κ1) is 52.3. The number of nitrogen functional groups attached to an aromatic ring is 1. The predicted molar refractivity (Wildman–Crippen MR) is 228 cm³/mol. The zero-order chi connectivity index (χ0) is 47.7. The Morgan fingerprint density at radius 2 is 1.78 bits per heavy atom. The molecule has 3 aromatic heterocycles. The number of H-pyrrole nitrogens is 1. The smallest absolute Gasteiger partial charge is 0.481 e. The van der Waals surface area contributed by atoms with Gasteiger partial charge in [-0.1, -0.05) is 39.0 Å². The number of aliphatic hydroxyl groups is 2. The molecule has 1 saturated heterocycles. The molecule has 0 aliphatic carbocycles. The highest BCUT2D eigenvalue weighted by Crippen LogP contribution is 2.61. The van der Waals surface area contributed by atoms with Crippen LogP contribution >= 0.6 is 35.2 Å². The van der Waals surface area contributed by atoms with Crippen LogP contribution in [0.3, 0.4) is 0 Å². The molecule has 360 valence electrons. The average molecular weight is 993 g/mol. The summed E-state index contributed by atoms with van der Waals surface area (Å²) in [6.07, 6.45) is -3.30. The van der Waals surface area contributed by atoms with E-state index in [-0.39, 0.29) is 47.6 Å². The number of ether oxygens (including phenoxy) is 1. The summed E-state index contributed by atoms with van der Waals surface area (Å²) in [7, 11) is -17.0. The number of carbonyl (C=O) groups excluding carboxylic acids is 3. The Kier molecular flexibility index (Phi) is 18.0. The molecule has 1 aliphatic heterocycles. The topological polar surface area (TPSA) is 385 Å². The van der Waals surface area contributed by atoms with Crippen LogP contribution in [0.5, 0.6) is 0 Å². The number of aliphatic hydroxyl groups excluding tert-OH is 2. The lowest BCUT2D eigenvalue weighted by Crippen LogP contribution is -2.46. The number of Topliss-reactive ketones (excluding diaryl/α,β-unsaturated/α-hetero) is 1. The second kappa shape index (κ2) is 22.4. The lowest BCUT2D eigenvalue weighted by atomic mass is 9.87. The van der Waals surface area contributed by atoms with E-state index < -0.39 is 78.6 Å². The standard InChI is InChI=1S/C36H53N8O17P3S/c1-21(25(45)10-6-7-22-15-40-24-9-5-4-8-23(22)24)17-65-14-13-38-27(46)11-12-39-34(49)31(48)36(2,3)18-58-64(55,56)61-63(53,54)57-16-26-30(60-62(50,51)52)29(47)35(59-26)44-20-43-28-32(37)41-19-42-33(28)44/h4-5,8-9,15,19-21,26,29-31,35,40,47-48H,6-7,10-14,16-18H2,1-3H3,(H,38,46)(H,39,49)(H,53,54)(H,55,56)(H2,37,41,42)(H2,50,51,52)/p-2. The molecule has 4 aromatic rings. The number of amides is 2. The van der Waals surface area contributed by atoms with Crippen molar-refractivity contribution in [3.63, 3.8) is 0 Å². The highest BCUT2D eigenvalue weighted by Gasteiger charge is 2.48. The van der Waals surface area contributed by atoms with E-state index in [1.54, 1.807) is 0 Å². The quantitative estimate of drug-likeness (QED) is 0.0315. The monoisotopic (exact) mass is 992 g/mol. The largest absolute Gasteiger partial charge is 0.790 e. The van der Waals surface area contributed by atoms with Crippen molar-refractivity contribution in [2.75, 3.05) is 43.5 Å². The number of para-hydroxylation sites is 1. The number of nitrogens with zero attached hydrogens (tertiary/aromatic N) is 4. The summed E-state index contributed by atoms with van der Waals surface area (Å²) in [5.41, 5.74) is 6.44. The minimum Gasteiger partial charge on any atom is -0.790 e. The Morgan fingerprint density at radius 3 is 2.52 bits per heavy atom. The Balaban J connectivity index is 0.981. The molecule has 0 spiro atoms. The summed E-state index contributed by atoms with van der Waals surface area (Å²) in [5.74, 6) is -0.244. The number of carbonyl (C=O) groups is 3. The summed E-state index contributed by atoms with van der Waals surface area (Å²) in [4.78, 5) is 96.1. The van der Waals surface area contributed by atoms with Crippen molar-refractivity contribution in [2.24, 2.45) is 11.3 Å². The van der Waals surface area contributed by atoms with Crippen molar-refractivity contribution in [3.05, 3.63) is 48.7 Å². The fraction of sp³-hybridized carbons (Fsp3) is 0.556. The zero-order valence-electron chi connectivity index (χ0n) is 35.3. The van der Waals surface area contributed by atoms with E-state index in [1.807, 2.05) is 31.3 Å². The van der Waals surface area contributed by atoms with Gasteiger partial charge in [0.2, 0.25) is 11.8 Å². The summed E-state index contributed by atoms with van der Waals surface area (Å²) in [5, 5.41) is 27.8. The molecule has 5 rings (SSSR count). The molecular weight excluding hydrogens is 941 g/mol. The number of phosphoric ester groups is 3. The number of phosphoric acid groups is 3. The number of imidazole rings is 1. The number of aromatic amines is 1. The normalized spacial score (nSPS) is 20.9. The van der Waals surface area contributed by atoms with Gasteiger partial charge >= 0.3 is 15.6 Å². The number of hydrogen-bond donors (Lipinski definition) is 8. The van der Waals surface area contributed by atoms with Gasteiger partial charge in [0, 0.05) is 65.9 Å². The highest BCUT2D eigenvalue weighted by atomic mass is 32.2. The molecule has 65 heavy (non-hydrogen) atoms. The van der Waals surface area contributed by atoms with E-state index in [9.17, 15) is 57.9 Å². The minimum absolute atomic E-state index is 0.0000656. The van der Waals surface area contributed by atoms with Crippen LogP contribution in [0.25, 0.3) is 22.1 Å². The first-order chi connectivity index (χ1) is 30.5. The fourth-order valence-electron chi connectivity index (χ4n) is 6.58. The maximum atomic E-state index is 12.7. The number of benzene rings is 1. The molecule has 25 nitrogen and oxygen atoms in total. The van der Waals surface area contributed by atoms with Gasteiger partial charge in [-0.2, -0.15) is 16.1 Å². The van der Waals surface area contributed by atoms with Crippen molar-refractivity contribution in [2.45, 2.75) is 77.1 Å². The third-order valence-electron chi connectivity index (χ3n) is 10.1. The second-order valence-electron chi connectivity index (χ2n) is 15.7. The number of anilines is 1. The van der Waals surface area contributed by atoms with E-state index in [4.69, 9.17) is 19.5 Å². The van der Waals surface area contributed by atoms with Crippen LogP contribution in [0.1, 0.15) is 51.8 Å². The van der Waals surface area contributed by atoms with Crippen molar-refractivity contribution in [3.8, 4) is 0 Å². The van der Waals surface area contributed by atoms with Gasteiger partial charge in [-0.3, -0.25) is 28.0 Å². The SMILES string of the molecule is CC(CSCCNC(=O)CCNC(=O)C(O)C(C)(C)COP(=O)(O)OP(=O)(O)OCC1OC(n2cnc3c(N)ncnc32)C(O)C1OP(=O)([O-])[O-])C(=O)CCCc1c[nH]c2ccccc12. The molecule has 8 atom stereocenters. The number of fused-ring (bicyclic) bond motifs is 2. The van der Waals surface area contributed by atoms with Gasteiger partial charge < -0.3 is 65.0 Å². The summed E-state index contributed by atoms with van der Waals surface area (Å²) in [6.45, 7) is 2.44. The summed E-state index contributed by atoms with van der Waals surface area (Å²) >= 11 is 1.53. The van der Waals surface area contributed by atoms with E-state index >= 15 is 0 Å². The van der Waals surface area contributed by atoms with Crippen LogP contribution < -0.4 is 26.2 Å². The van der Waals surface area contributed by atoms with Crippen molar-refractivity contribution < 1.29 is 80.5 Å². The van der Waals surface area contributed by atoms with E-state index in [0.29, 0.717) is 24.5 Å². The Hall–Kier alpha value is -3.68. The molecule has 9 N–H and O–H groups in total. The van der Waals surface area contributed by atoms with Gasteiger partial charge in [-0.05, 0) is 24.5 Å². The third kappa shape index (κ3) is 14.9. The first-order valence-electron chi connectivity index (χ1n) is 20.0. The van der Waals surface area contributed by atoms with Crippen LogP contribution in [0.4, 0.5) is 5.82 Å². The zero-order valence-corrected chi connectivity index (χ0v) is 38.8. The molecule has 0 bridgehead atoms. The number of aromatic nitrogens is 5. The molecular formula is C36H51N8O17P3S-2. The van der Waals surface area contributed by atoms with Gasteiger partial charge in [-0.25, -0.2) is 24.1 Å². The van der Waals surface area contributed by atoms with Crippen molar-refractivity contribution in [1.82, 2.24) is 35.1 Å². The van der Waals surface area contributed by atoms with E-state index in [0.717, 1.165) is 41.0 Å². The maximum Gasteiger partial charge on any atom is 0.481 e. The molecule has 0 saturated carbocycles. The number of hydrogen-bond acceptors (Lipinski definition) is 20. The Bertz CT molecular complexity index is 2430. The molecule has 29 heteroatoms. The average Bonchev–Trinajstić information content (AvgIpc) is 3.93. The van der Waals surface area contributed by atoms with E-state index in [2.05, 4.69) is 45.5 Å². The maximum absolute atomic E-state index is 12.7. The van der Waals surface area contributed by atoms with Gasteiger partial charge in [-0.15, -0.1) is 0 Å². The van der Waals surface area contributed by atoms with Crippen LogP contribution in [-0.2, 0) is 57.1 Å². The van der Waals surface area contributed by atoms with Gasteiger partial charge in [0.15, 0.2) is 17.7 Å². The van der Waals surface area contributed by atoms with Gasteiger partial charge in [0.25, 0.3) is 0 Å². The Morgan fingerprint density at radius 1 is 1.06 bits per heavy atom. The van der Waals surface area contributed by atoms with E-state index in [1.165, 1.54) is 31.2 Å². The van der Waals surface area contributed by atoms with Crippen LogP contribution in [0.2, 0.25) is 0 Å². The minimum atomic E-state index is -5.83. The lowest BCUT2D eigenvalue weighted by Gasteiger charge is -2.34.